The van der Waals surface area contributed by atoms with Crippen molar-refractivity contribution in [2.24, 2.45) is 0 Å². The zero-order valence-corrected chi connectivity index (χ0v) is 11.0. The number of halogens is 5. The Hall–Kier alpha value is -2.11. The summed E-state index contributed by atoms with van der Waals surface area (Å²) in [6, 6.07) is 7.17. The lowest BCUT2D eigenvalue weighted by Crippen LogP contribution is -2.15. The molecular weight excluding hydrogens is 289 g/mol. The first kappa shape index (κ1) is 15.3. The molecule has 1 N–H and O–H groups in total. The lowest BCUT2D eigenvalue weighted by Gasteiger charge is -2.20. The van der Waals surface area contributed by atoms with Gasteiger partial charge >= 0.3 is 6.18 Å². The Labute approximate surface area is 118 Å². The first-order valence-corrected chi connectivity index (χ1v) is 6.17. The van der Waals surface area contributed by atoms with Gasteiger partial charge in [0.1, 0.15) is 11.6 Å². The Morgan fingerprint density at radius 3 is 2.05 bits per heavy atom. The highest BCUT2D eigenvalue weighted by Gasteiger charge is 2.33. The highest BCUT2D eigenvalue weighted by molar-refractivity contribution is 5.54. The van der Waals surface area contributed by atoms with E-state index in [1.165, 1.54) is 31.2 Å². The number of para-hydroxylation sites is 1. The third-order valence-electron chi connectivity index (χ3n) is 3.04. The van der Waals surface area contributed by atoms with Crippen molar-refractivity contribution < 1.29 is 22.0 Å². The van der Waals surface area contributed by atoms with Crippen LogP contribution in [0, 0.1) is 11.6 Å². The summed E-state index contributed by atoms with van der Waals surface area (Å²) >= 11 is 0. The van der Waals surface area contributed by atoms with Crippen molar-refractivity contribution >= 4 is 5.69 Å². The van der Waals surface area contributed by atoms with E-state index < -0.39 is 29.4 Å². The van der Waals surface area contributed by atoms with Crippen LogP contribution in [0.3, 0.4) is 0 Å². The Balaban J connectivity index is 2.35. The summed E-state index contributed by atoms with van der Waals surface area (Å²) in [6.45, 7) is 1.40. The predicted octanol–water partition coefficient (Wildman–Crippen LogP) is 5.16. The van der Waals surface area contributed by atoms with Crippen LogP contribution in [0.1, 0.15) is 24.1 Å². The first-order valence-electron chi connectivity index (χ1n) is 6.17. The molecule has 1 atom stereocenters. The van der Waals surface area contributed by atoms with Gasteiger partial charge in [-0.25, -0.2) is 8.78 Å². The Morgan fingerprint density at radius 1 is 0.905 bits per heavy atom. The molecule has 0 bridgehead atoms. The van der Waals surface area contributed by atoms with Crippen LogP contribution in [0.15, 0.2) is 42.5 Å². The van der Waals surface area contributed by atoms with Gasteiger partial charge in [-0.05, 0) is 31.2 Å². The van der Waals surface area contributed by atoms with Gasteiger partial charge in [0.25, 0.3) is 0 Å². The molecule has 0 aliphatic heterocycles. The van der Waals surface area contributed by atoms with Gasteiger partial charge < -0.3 is 5.32 Å². The minimum atomic E-state index is -4.54. The zero-order valence-electron chi connectivity index (χ0n) is 11.0. The highest BCUT2D eigenvalue weighted by Crippen LogP contribution is 2.36. The van der Waals surface area contributed by atoms with Crippen molar-refractivity contribution in [2.75, 3.05) is 5.32 Å². The van der Waals surface area contributed by atoms with Gasteiger partial charge in [-0.1, -0.05) is 18.2 Å². The van der Waals surface area contributed by atoms with Crippen LogP contribution in [0.5, 0.6) is 0 Å². The highest BCUT2D eigenvalue weighted by atomic mass is 19.4. The second kappa shape index (κ2) is 5.71. The molecule has 0 amide bonds. The summed E-state index contributed by atoms with van der Waals surface area (Å²) in [5.41, 5.74) is -1.40. The lowest BCUT2D eigenvalue weighted by molar-refractivity contribution is -0.137. The van der Waals surface area contributed by atoms with Crippen molar-refractivity contribution in [3.05, 3.63) is 65.2 Å². The van der Waals surface area contributed by atoms with E-state index in [0.717, 1.165) is 18.2 Å². The summed E-state index contributed by atoms with van der Waals surface area (Å²) in [4.78, 5) is 0. The predicted molar refractivity (Wildman–Crippen MR) is 69.8 cm³/mol. The standard InChI is InChI=1S/C15H12F5N/c1-9(14-11(16)6-4-7-12(14)17)21-13-8-3-2-5-10(13)15(18,19)20/h2-9,21H,1H3. The van der Waals surface area contributed by atoms with Crippen LogP contribution >= 0.6 is 0 Å². The molecule has 0 saturated carbocycles. The third kappa shape index (κ3) is 3.32. The van der Waals surface area contributed by atoms with E-state index in [1.54, 1.807) is 0 Å². The van der Waals surface area contributed by atoms with E-state index in [0.29, 0.717) is 0 Å². The molecule has 21 heavy (non-hydrogen) atoms. The zero-order chi connectivity index (χ0) is 15.6. The lowest BCUT2D eigenvalue weighted by atomic mass is 10.1. The fourth-order valence-corrected chi connectivity index (χ4v) is 2.09. The second-order valence-electron chi connectivity index (χ2n) is 4.54. The number of hydrogen-bond donors (Lipinski definition) is 1. The molecule has 0 spiro atoms. The average molecular weight is 301 g/mol. The Kier molecular flexibility index (Phi) is 4.16. The fourth-order valence-electron chi connectivity index (χ4n) is 2.09. The van der Waals surface area contributed by atoms with Gasteiger partial charge in [0, 0.05) is 11.3 Å². The topological polar surface area (TPSA) is 12.0 Å². The SMILES string of the molecule is CC(Nc1ccccc1C(F)(F)F)c1c(F)cccc1F. The van der Waals surface area contributed by atoms with E-state index in [2.05, 4.69) is 5.32 Å². The van der Waals surface area contributed by atoms with Gasteiger partial charge in [0.2, 0.25) is 0 Å². The number of rotatable bonds is 3. The molecule has 1 nitrogen and oxygen atoms in total. The normalized spacial score (nSPS) is 13.0. The average Bonchev–Trinajstić information content (AvgIpc) is 2.37. The summed E-state index contributed by atoms with van der Waals surface area (Å²) < 4.78 is 65.9. The summed E-state index contributed by atoms with van der Waals surface area (Å²) in [5, 5.41) is 2.51. The van der Waals surface area contributed by atoms with Crippen molar-refractivity contribution in [1.29, 1.82) is 0 Å². The molecule has 2 aromatic rings. The molecule has 0 aliphatic rings. The molecule has 6 heteroatoms. The Bertz CT molecular complexity index is 616. The largest absolute Gasteiger partial charge is 0.418 e. The minimum Gasteiger partial charge on any atom is -0.378 e. The van der Waals surface area contributed by atoms with E-state index in [-0.39, 0.29) is 11.3 Å². The van der Waals surface area contributed by atoms with Crippen molar-refractivity contribution in [3.63, 3.8) is 0 Å². The third-order valence-corrected chi connectivity index (χ3v) is 3.04. The van der Waals surface area contributed by atoms with Crippen molar-refractivity contribution in [3.8, 4) is 0 Å². The van der Waals surface area contributed by atoms with Gasteiger partial charge in [-0.2, -0.15) is 13.2 Å². The maximum absolute atomic E-state index is 13.6. The molecule has 0 aromatic heterocycles. The number of hydrogen-bond acceptors (Lipinski definition) is 1. The maximum atomic E-state index is 13.6. The van der Waals surface area contributed by atoms with Crippen LogP contribution in [-0.4, -0.2) is 0 Å². The van der Waals surface area contributed by atoms with Crippen molar-refractivity contribution in [2.45, 2.75) is 19.1 Å². The fraction of sp³-hybridized carbons (Fsp3) is 0.200. The molecule has 0 heterocycles. The molecule has 0 aliphatic carbocycles. The van der Waals surface area contributed by atoms with Crippen LogP contribution in [-0.2, 0) is 6.18 Å². The number of benzene rings is 2. The molecular formula is C15H12F5N. The van der Waals surface area contributed by atoms with Gasteiger partial charge in [-0.3, -0.25) is 0 Å². The quantitative estimate of drug-likeness (QED) is 0.772. The number of nitrogens with one attached hydrogen (secondary N) is 1. The summed E-state index contributed by atoms with van der Waals surface area (Å²) in [6.07, 6.45) is -4.54. The van der Waals surface area contributed by atoms with E-state index in [1.807, 2.05) is 0 Å². The van der Waals surface area contributed by atoms with Gasteiger partial charge in [0.15, 0.2) is 0 Å². The number of alkyl halides is 3. The van der Waals surface area contributed by atoms with Crippen molar-refractivity contribution in [1.82, 2.24) is 0 Å². The molecule has 2 aromatic carbocycles. The van der Waals surface area contributed by atoms with Crippen LogP contribution in [0.4, 0.5) is 27.6 Å². The maximum Gasteiger partial charge on any atom is 0.418 e. The molecule has 0 fully saturated rings. The number of anilines is 1. The van der Waals surface area contributed by atoms with Gasteiger partial charge in [-0.15, -0.1) is 0 Å². The smallest absolute Gasteiger partial charge is 0.378 e. The summed E-state index contributed by atoms with van der Waals surface area (Å²) in [7, 11) is 0. The molecule has 2 rings (SSSR count). The minimum absolute atomic E-state index is 0.222. The molecule has 0 radical (unpaired) electrons. The van der Waals surface area contributed by atoms with Crippen LogP contribution < -0.4 is 5.32 Å². The Morgan fingerprint density at radius 2 is 1.48 bits per heavy atom. The van der Waals surface area contributed by atoms with E-state index >= 15 is 0 Å². The molecule has 112 valence electrons. The van der Waals surface area contributed by atoms with E-state index in [9.17, 15) is 22.0 Å². The first-order chi connectivity index (χ1) is 9.80. The molecule has 0 saturated heterocycles. The van der Waals surface area contributed by atoms with E-state index in [4.69, 9.17) is 0 Å². The summed E-state index contributed by atoms with van der Waals surface area (Å²) in [5.74, 6) is -1.61. The second-order valence-corrected chi connectivity index (χ2v) is 4.54. The van der Waals surface area contributed by atoms with Crippen LogP contribution in [0.25, 0.3) is 0 Å². The van der Waals surface area contributed by atoms with Crippen LogP contribution in [0.2, 0.25) is 0 Å². The van der Waals surface area contributed by atoms with Gasteiger partial charge in [0.05, 0.1) is 11.6 Å². The molecule has 1 unspecified atom stereocenters. The monoisotopic (exact) mass is 301 g/mol.